The molecule has 2 N–H and O–H groups in total. The number of halogens is 1. The lowest BCUT2D eigenvalue weighted by molar-refractivity contribution is -0.123. The molecular weight excluding hydrogens is 472 g/mol. The standard InChI is InChI=1S/C25H25BrN2O4/c1-17-7-6-8-18(2)24(17)32-16-23(29)27-28-25(30)20-11-12-22(21(26)15-20)31-14-13-19-9-4-3-5-10-19/h3-12,15H,13-14,16H2,1-2H3,(H,27,29)(H,28,30). The molecule has 0 aliphatic heterocycles. The number of amides is 2. The third-order valence-electron chi connectivity index (χ3n) is 4.76. The van der Waals surface area contributed by atoms with E-state index >= 15 is 0 Å². The van der Waals surface area contributed by atoms with Crippen molar-refractivity contribution in [1.29, 1.82) is 0 Å². The third kappa shape index (κ3) is 6.59. The van der Waals surface area contributed by atoms with Crippen molar-refractivity contribution in [2.45, 2.75) is 20.3 Å². The van der Waals surface area contributed by atoms with Gasteiger partial charge in [0.15, 0.2) is 6.61 Å². The molecule has 6 nitrogen and oxygen atoms in total. The second-order valence-electron chi connectivity index (χ2n) is 7.24. The Morgan fingerprint density at radius 2 is 1.59 bits per heavy atom. The van der Waals surface area contributed by atoms with Crippen molar-refractivity contribution in [3.8, 4) is 11.5 Å². The number of hydrogen-bond acceptors (Lipinski definition) is 4. The van der Waals surface area contributed by atoms with Gasteiger partial charge in [-0.3, -0.25) is 20.4 Å². The highest BCUT2D eigenvalue weighted by Crippen LogP contribution is 2.26. The van der Waals surface area contributed by atoms with Crippen LogP contribution in [0.15, 0.2) is 71.2 Å². The van der Waals surface area contributed by atoms with Gasteiger partial charge in [-0.15, -0.1) is 0 Å². The Kier molecular flexibility index (Phi) is 8.27. The van der Waals surface area contributed by atoms with E-state index in [1.54, 1.807) is 18.2 Å². The van der Waals surface area contributed by atoms with Crippen molar-refractivity contribution < 1.29 is 19.1 Å². The Bertz CT molecular complexity index is 1070. The number of ether oxygens (including phenoxy) is 2. The molecule has 0 fully saturated rings. The molecule has 0 aromatic heterocycles. The Morgan fingerprint density at radius 3 is 2.28 bits per heavy atom. The van der Waals surface area contributed by atoms with Gasteiger partial charge in [0.1, 0.15) is 11.5 Å². The van der Waals surface area contributed by atoms with E-state index in [0.717, 1.165) is 17.5 Å². The van der Waals surface area contributed by atoms with Crippen LogP contribution in [0.1, 0.15) is 27.0 Å². The topological polar surface area (TPSA) is 76.7 Å². The number of hydrazine groups is 1. The molecule has 0 radical (unpaired) electrons. The van der Waals surface area contributed by atoms with Crippen LogP contribution < -0.4 is 20.3 Å². The molecule has 7 heteroatoms. The molecule has 3 aromatic rings. The lowest BCUT2D eigenvalue weighted by Crippen LogP contribution is -2.43. The number of carbonyl (C=O) groups excluding carboxylic acids is 2. The summed E-state index contributed by atoms with van der Waals surface area (Å²) >= 11 is 3.43. The maximum absolute atomic E-state index is 12.4. The van der Waals surface area contributed by atoms with Crippen LogP contribution in [0.3, 0.4) is 0 Å². The zero-order valence-corrected chi connectivity index (χ0v) is 19.6. The van der Waals surface area contributed by atoms with Gasteiger partial charge in [-0.25, -0.2) is 0 Å². The molecule has 0 heterocycles. The minimum Gasteiger partial charge on any atom is -0.492 e. The van der Waals surface area contributed by atoms with Gasteiger partial charge in [0.2, 0.25) is 0 Å². The van der Waals surface area contributed by atoms with Crippen LogP contribution in [0.25, 0.3) is 0 Å². The summed E-state index contributed by atoms with van der Waals surface area (Å²) < 4.78 is 12.0. The van der Waals surface area contributed by atoms with Crippen LogP contribution in [0.2, 0.25) is 0 Å². The first-order valence-electron chi connectivity index (χ1n) is 10.2. The molecule has 0 bridgehead atoms. The second kappa shape index (κ2) is 11.3. The summed E-state index contributed by atoms with van der Waals surface area (Å²) in [6.45, 7) is 4.14. The highest BCUT2D eigenvalue weighted by Gasteiger charge is 2.12. The summed E-state index contributed by atoms with van der Waals surface area (Å²) in [6.07, 6.45) is 0.783. The fraction of sp³-hybridized carbons (Fsp3) is 0.200. The quantitative estimate of drug-likeness (QED) is 0.449. The molecule has 3 rings (SSSR count). The van der Waals surface area contributed by atoms with E-state index in [2.05, 4.69) is 26.8 Å². The molecule has 0 aliphatic rings. The number of benzene rings is 3. The number of rotatable bonds is 8. The maximum Gasteiger partial charge on any atom is 0.276 e. The van der Waals surface area contributed by atoms with Crippen molar-refractivity contribution in [3.63, 3.8) is 0 Å². The molecular formula is C25H25BrN2O4. The van der Waals surface area contributed by atoms with Gasteiger partial charge in [0.25, 0.3) is 11.8 Å². The SMILES string of the molecule is Cc1cccc(C)c1OCC(=O)NNC(=O)c1ccc(OCCc2ccccc2)c(Br)c1. The normalized spacial score (nSPS) is 10.3. The molecule has 0 saturated carbocycles. The van der Waals surface area contributed by atoms with E-state index in [-0.39, 0.29) is 6.61 Å². The maximum atomic E-state index is 12.4. The number of nitrogens with one attached hydrogen (secondary N) is 2. The van der Waals surface area contributed by atoms with Gasteiger partial charge in [0.05, 0.1) is 11.1 Å². The Labute approximate surface area is 196 Å². The third-order valence-corrected chi connectivity index (χ3v) is 5.38. The first kappa shape index (κ1) is 23.3. The minimum atomic E-state index is -0.457. The van der Waals surface area contributed by atoms with Crippen LogP contribution in [0.4, 0.5) is 0 Å². The van der Waals surface area contributed by atoms with Crippen LogP contribution in [0, 0.1) is 13.8 Å². The fourth-order valence-corrected chi connectivity index (χ4v) is 3.58. The molecule has 3 aromatic carbocycles. The van der Waals surface area contributed by atoms with E-state index in [0.29, 0.717) is 28.1 Å². The molecule has 0 atom stereocenters. The summed E-state index contributed by atoms with van der Waals surface area (Å²) in [5, 5.41) is 0. The number of aryl methyl sites for hydroxylation is 2. The predicted molar refractivity (Wildman–Crippen MR) is 127 cm³/mol. The van der Waals surface area contributed by atoms with Crippen LogP contribution in [-0.4, -0.2) is 25.0 Å². The number of hydrogen-bond donors (Lipinski definition) is 2. The van der Waals surface area contributed by atoms with Gasteiger partial charge in [-0.05, 0) is 64.7 Å². The Balaban J connectivity index is 1.46. The number of para-hydroxylation sites is 1. The molecule has 0 saturated heterocycles. The molecule has 166 valence electrons. The van der Waals surface area contributed by atoms with Crippen LogP contribution >= 0.6 is 15.9 Å². The van der Waals surface area contributed by atoms with Crippen molar-refractivity contribution in [1.82, 2.24) is 10.9 Å². The summed E-state index contributed by atoms with van der Waals surface area (Å²) in [4.78, 5) is 24.4. The lowest BCUT2D eigenvalue weighted by atomic mass is 10.1. The second-order valence-corrected chi connectivity index (χ2v) is 8.10. The van der Waals surface area contributed by atoms with E-state index in [4.69, 9.17) is 9.47 Å². The highest BCUT2D eigenvalue weighted by molar-refractivity contribution is 9.10. The van der Waals surface area contributed by atoms with E-state index in [1.165, 1.54) is 5.56 Å². The van der Waals surface area contributed by atoms with E-state index in [1.807, 2.05) is 62.4 Å². The average molecular weight is 497 g/mol. The molecule has 32 heavy (non-hydrogen) atoms. The smallest absolute Gasteiger partial charge is 0.276 e. The van der Waals surface area contributed by atoms with Crippen LogP contribution in [-0.2, 0) is 11.2 Å². The number of carbonyl (C=O) groups is 2. The van der Waals surface area contributed by atoms with Crippen LogP contribution in [0.5, 0.6) is 11.5 Å². The van der Waals surface area contributed by atoms with Crippen molar-refractivity contribution in [3.05, 3.63) is 93.5 Å². The first-order chi connectivity index (χ1) is 15.4. The predicted octanol–water partition coefficient (Wildman–Crippen LogP) is 4.53. The molecule has 0 unspecified atom stereocenters. The monoisotopic (exact) mass is 496 g/mol. The van der Waals surface area contributed by atoms with E-state index < -0.39 is 11.8 Å². The largest absolute Gasteiger partial charge is 0.492 e. The average Bonchev–Trinajstić information content (AvgIpc) is 2.79. The molecule has 2 amide bonds. The summed E-state index contributed by atoms with van der Waals surface area (Å²) in [6, 6.07) is 20.8. The van der Waals surface area contributed by atoms with Gasteiger partial charge in [-0.2, -0.15) is 0 Å². The zero-order valence-electron chi connectivity index (χ0n) is 18.0. The molecule has 0 spiro atoms. The van der Waals surface area contributed by atoms with Gasteiger partial charge >= 0.3 is 0 Å². The summed E-state index contributed by atoms with van der Waals surface area (Å²) in [7, 11) is 0. The summed E-state index contributed by atoms with van der Waals surface area (Å²) in [5.74, 6) is 0.409. The van der Waals surface area contributed by atoms with Gasteiger partial charge < -0.3 is 9.47 Å². The Morgan fingerprint density at radius 1 is 0.875 bits per heavy atom. The van der Waals surface area contributed by atoms with Crippen molar-refractivity contribution in [2.75, 3.05) is 13.2 Å². The highest BCUT2D eigenvalue weighted by atomic mass is 79.9. The minimum absolute atomic E-state index is 0.205. The molecule has 0 aliphatic carbocycles. The van der Waals surface area contributed by atoms with Gasteiger partial charge in [-0.1, -0.05) is 48.5 Å². The Hall–Kier alpha value is -3.32. The summed E-state index contributed by atoms with van der Waals surface area (Å²) in [5.41, 5.74) is 8.22. The first-order valence-corrected chi connectivity index (χ1v) is 11.0. The fourth-order valence-electron chi connectivity index (χ4n) is 3.08. The van der Waals surface area contributed by atoms with E-state index in [9.17, 15) is 9.59 Å². The van der Waals surface area contributed by atoms with Crippen molar-refractivity contribution in [2.24, 2.45) is 0 Å². The van der Waals surface area contributed by atoms with Gasteiger partial charge in [0, 0.05) is 12.0 Å². The van der Waals surface area contributed by atoms with Crippen molar-refractivity contribution >= 4 is 27.7 Å². The lowest BCUT2D eigenvalue weighted by Gasteiger charge is -2.13. The zero-order chi connectivity index (χ0) is 22.9.